The van der Waals surface area contributed by atoms with E-state index in [9.17, 15) is 0 Å². The van der Waals surface area contributed by atoms with Gasteiger partial charge < -0.3 is 4.85 Å². The van der Waals surface area contributed by atoms with Crippen molar-refractivity contribution in [3.63, 3.8) is 0 Å². The van der Waals surface area contributed by atoms with Crippen molar-refractivity contribution >= 4 is 5.82 Å². The highest BCUT2D eigenvalue weighted by atomic mass is 15.2. The summed E-state index contributed by atoms with van der Waals surface area (Å²) in [5.41, 5.74) is 3.81. The number of H-pyrrole nitrogens is 1. The minimum atomic E-state index is -2.19. The highest BCUT2D eigenvalue weighted by Crippen LogP contribution is 2.28. The monoisotopic (exact) mass is 277 g/mol. The van der Waals surface area contributed by atoms with Crippen LogP contribution in [0, 0.1) is 20.3 Å². The maximum atomic E-state index is 7.73. The molecule has 4 nitrogen and oxygen atoms in total. The van der Waals surface area contributed by atoms with Crippen LogP contribution in [0.2, 0.25) is 0 Å². The molecule has 0 amide bonds. The van der Waals surface area contributed by atoms with Crippen LogP contribution in [-0.4, -0.2) is 15.2 Å². The number of nitrogens with zero attached hydrogens (tertiary/aromatic N) is 3. The number of hydrogen-bond donors (Lipinski definition) is 1. The largest absolute Gasteiger partial charge is 0.362 e. The lowest BCUT2D eigenvalue weighted by Gasteiger charge is -2.09. The first kappa shape index (κ1) is 9.89. The van der Waals surface area contributed by atoms with Crippen molar-refractivity contribution < 1.29 is 4.11 Å². The Morgan fingerprint density at radius 1 is 1.19 bits per heavy atom. The molecule has 0 aliphatic heterocycles. The Morgan fingerprint density at radius 2 is 2.05 bits per heavy atom. The van der Waals surface area contributed by atoms with Crippen LogP contribution in [-0.2, 0) is 0 Å². The van der Waals surface area contributed by atoms with Gasteiger partial charge in [0.05, 0.1) is 5.69 Å². The summed E-state index contributed by atoms with van der Waals surface area (Å²) in [6.45, 7) is 6.65. The Kier molecular flexibility index (Phi) is 2.46. The zero-order chi connectivity index (χ0) is 17.3. The highest BCUT2D eigenvalue weighted by Gasteiger charge is 2.08. The van der Waals surface area contributed by atoms with E-state index in [2.05, 4.69) is 20.0 Å². The lowest BCUT2D eigenvalue weighted by molar-refractivity contribution is 1.10. The molecule has 0 fully saturated rings. The van der Waals surface area contributed by atoms with E-state index in [4.69, 9.17) is 10.7 Å². The Labute approximate surface area is 127 Å². The van der Waals surface area contributed by atoms with Crippen molar-refractivity contribution in [2.75, 3.05) is 0 Å². The van der Waals surface area contributed by atoms with Gasteiger partial charge in [-0.2, -0.15) is 0 Å². The van der Waals surface area contributed by atoms with Crippen LogP contribution in [0.25, 0.3) is 27.4 Å². The topological polar surface area (TPSA) is 45.9 Å². The fourth-order valence-corrected chi connectivity index (χ4v) is 2.24. The quantitative estimate of drug-likeness (QED) is 0.709. The van der Waals surface area contributed by atoms with E-state index in [1.165, 1.54) is 0 Å². The molecule has 0 saturated heterocycles. The summed E-state index contributed by atoms with van der Waals surface area (Å²) in [5.74, 6) is 0.347. The molecule has 4 heteroatoms. The van der Waals surface area contributed by atoms with Crippen LogP contribution >= 0.6 is 0 Å². The number of aromatic nitrogens is 3. The molecule has 2 heterocycles. The fraction of sp³-hybridized carbons (Fsp3) is 0.118. The number of benzene rings is 1. The lowest BCUT2D eigenvalue weighted by atomic mass is 9.97. The third-order valence-electron chi connectivity index (χ3n) is 3.27. The van der Waals surface area contributed by atoms with Crippen molar-refractivity contribution in [1.29, 1.82) is 0 Å². The summed E-state index contributed by atoms with van der Waals surface area (Å²) in [6, 6.07) is 10.5. The Balaban J connectivity index is 2.05. The van der Waals surface area contributed by atoms with E-state index < -0.39 is 6.85 Å². The molecule has 3 aromatic rings. The molecule has 102 valence electrons. The predicted molar refractivity (Wildman–Crippen MR) is 83.0 cm³/mol. The standard InChI is InChI=1S/C17H14N4/c1-11-5-4-6-12(2)17(11)13-7-8-14(19-10-13)15-9-16(18-3)21-20-15/h4-10H,1-2H3,(H,20,21)/i1D3. The summed E-state index contributed by atoms with van der Waals surface area (Å²) in [6.07, 6.45) is 1.64. The fourth-order valence-electron chi connectivity index (χ4n) is 2.24. The molecule has 0 unspecified atom stereocenters. The molecule has 3 rings (SSSR count). The zero-order valence-electron chi connectivity index (χ0n) is 14.4. The van der Waals surface area contributed by atoms with Crippen LogP contribution in [0.1, 0.15) is 15.2 Å². The number of aryl methyl sites for hydroxylation is 2. The summed E-state index contributed by atoms with van der Waals surface area (Å²) in [5, 5.41) is 6.66. The van der Waals surface area contributed by atoms with Crippen molar-refractivity contribution in [2.45, 2.75) is 13.8 Å². The van der Waals surface area contributed by atoms with Crippen molar-refractivity contribution in [1.82, 2.24) is 15.2 Å². The van der Waals surface area contributed by atoms with Gasteiger partial charge in [-0.25, -0.2) is 5.10 Å². The average Bonchev–Trinajstić information content (AvgIpc) is 3.03. The van der Waals surface area contributed by atoms with Gasteiger partial charge in [-0.15, -0.1) is 5.10 Å². The van der Waals surface area contributed by atoms with Crippen LogP contribution in [0.15, 0.2) is 42.6 Å². The first-order chi connectivity index (χ1) is 11.4. The smallest absolute Gasteiger partial charge is 0.250 e. The number of rotatable bonds is 2. The van der Waals surface area contributed by atoms with Gasteiger partial charge in [0.1, 0.15) is 5.69 Å². The zero-order valence-corrected chi connectivity index (χ0v) is 11.4. The van der Waals surface area contributed by atoms with E-state index in [1.54, 1.807) is 30.5 Å². The first-order valence-electron chi connectivity index (χ1n) is 7.90. The summed E-state index contributed by atoms with van der Waals surface area (Å²) in [7, 11) is 0. The second kappa shape index (κ2) is 5.22. The molecule has 0 radical (unpaired) electrons. The lowest BCUT2D eigenvalue weighted by Crippen LogP contribution is -1.90. The van der Waals surface area contributed by atoms with Crippen LogP contribution in [0.4, 0.5) is 5.82 Å². The van der Waals surface area contributed by atoms with E-state index in [0.717, 1.165) is 11.1 Å². The second-order valence-corrected chi connectivity index (χ2v) is 4.68. The normalized spacial score (nSPS) is 13.0. The van der Waals surface area contributed by atoms with Crippen LogP contribution in [0.5, 0.6) is 0 Å². The Morgan fingerprint density at radius 3 is 2.71 bits per heavy atom. The Hall–Kier alpha value is -2.93. The molecule has 2 aromatic heterocycles. The van der Waals surface area contributed by atoms with Crippen molar-refractivity contribution in [3.8, 4) is 22.5 Å². The Bertz CT molecular complexity index is 918. The van der Waals surface area contributed by atoms with Crippen molar-refractivity contribution in [3.05, 3.63) is 65.1 Å². The van der Waals surface area contributed by atoms with E-state index in [0.29, 0.717) is 28.3 Å². The minimum Gasteiger partial charge on any atom is -0.362 e. The van der Waals surface area contributed by atoms with Gasteiger partial charge in [0.15, 0.2) is 0 Å². The SMILES string of the molecule is [2H]C([2H])([2H])c1cccc(C)c1-c1ccc(-c2cc([N+]#[C-])[nH]n2)nc1. The van der Waals surface area contributed by atoms with Gasteiger partial charge in [-0.1, -0.05) is 30.8 Å². The summed E-state index contributed by atoms with van der Waals surface area (Å²) in [4.78, 5) is 7.64. The predicted octanol–water partition coefficient (Wildman–Crippen LogP) is 4.31. The molecule has 0 atom stereocenters. The third-order valence-corrected chi connectivity index (χ3v) is 3.27. The number of pyridine rings is 1. The average molecular weight is 277 g/mol. The summed E-state index contributed by atoms with van der Waals surface area (Å²) < 4.78 is 23.2. The maximum absolute atomic E-state index is 7.73. The molecule has 0 aliphatic rings. The number of aromatic amines is 1. The molecular formula is C17H14N4. The van der Waals surface area contributed by atoms with Gasteiger partial charge >= 0.3 is 0 Å². The highest BCUT2D eigenvalue weighted by molar-refractivity contribution is 5.71. The van der Waals surface area contributed by atoms with Gasteiger partial charge in [-0.3, -0.25) is 4.98 Å². The first-order valence-corrected chi connectivity index (χ1v) is 6.40. The van der Waals surface area contributed by atoms with Gasteiger partial charge in [0.25, 0.3) is 5.82 Å². The number of nitrogens with one attached hydrogen (secondary N) is 1. The van der Waals surface area contributed by atoms with E-state index in [1.807, 2.05) is 19.1 Å². The molecule has 1 N–H and O–H groups in total. The third kappa shape index (κ3) is 2.41. The van der Waals surface area contributed by atoms with Crippen LogP contribution < -0.4 is 0 Å². The van der Waals surface area contributed by atoms with E-state index in [-0.39, 0.29) is 0 Å². The molecule has 0 aliphatic carbocycles. The summed E-state index contributed by atoms with van der Waals surface area (Å²) >= 11 is 0. The molecule has 21 heavy (non-hydrogen) atoms. The molecule has 1 aromatic carbocycles. The van der Waals surface area contributed by atoms with Crippen molar-refractivity contribution in [2.24, 2.45) is 0 Å². The van der Waals surface area contributed by atoms with E-state index >= 15 is 0 Å². The van der Waals surface area contributed by atoms with Gasteiger partial charge in [0.2, 0.25) is 0 Å². The molecule has 0 bridgehead atoms. The minimum absolute atomic E-state index is 0.312. The number of hydrogen-bond acceptors (Lipinski definition) is 2. The van der Waals surface area contributed by atoms with Crippen LogP contribution in [0.3, 0.4) is 0 Å². The second-order valence-electron chi connectivity index (χ2n) is 4.68. The maximum Gasteiger partial charge on any atom is 0.250 e. The van der Waals surface area contributed by atoms with Gasteiger partial charge in [-0.05, 0) is 42.6 Å². The van der Waals surface area contributed by atoms with Gasteiger partial charge in [0, 0.05) is 15.9 Å². The molecule has 0 spiro atoms. The molecular weight excluding hydrogens is 260 g/mol. The molecule has 0 saturated carbocycles.